The minimum absolute atomic E-state index is 0.298. The van der Waals surface area contributed by atoms with Crippen LogP contribution in [-0.2, 0) is 11.3 Å². The van der Waals surface area contributed by atoms with Crippen LogP contribution in [0.4, 0.5) is 0 Å². The highest BCUT2D eigenvalue weighted by Gasteiger charge is 2.16. The average Bonchev–Trinajstić information content (AvgIpc) is 2.91. The maximum absolute atomic E-state index is 6.14. The second kappa shape index (κ2) is 7.08. The minimum Gasteiger partial charge on any atom is -0.376 e. The molecule has 1 saturated heterocycles. The lowest BCUT2D eigenvalue weighted by molar-refractivity contribution is 0.113. The molecule has 1 fully saturated rings. The molecule has 0 amide bonds. The molecule has 1 heterocycles. The van der Waals surface area contributed by atoms with Gasteiger partial charge in [-0.25, -0.2) is 0 Å². The average molecular weight is 299 g/mol. The van der Waals surface area contributed by atoms with E-state index in [0.29, 0.717) is 12.6 Å². The first-order valence-corrected chi connectivity index (χ1v) is 7.29. The van der Waals surface area contributed by atoms with E-state index in [0.717, 1.165) is 41.7 Å². The van der Waals surface area contributed by atoms with Crippen LogP contribution >= 0.6 is 23.8 Å². The molecule has 0 radical (unpaired) electrons. The molecule has 1 aromatic carbocycles. The molecular weight excluding hydrogens is 280 g/mol. The van der Waals surface area contributed by atoms with Gasteiger partial charge in [-0.1, -0.05) is 29.8 Å². The van der Waals surface area contributed by atoms with Crippen molar-refractivity contribution in [3.63, 3.8) is 0 Å². The van der Waals surface area contributed by atoms with Gasteiger partial charge in [-0.3, -0.25) is 0 Å². The summed E-state index contributed by atoms with van der Waals surface area (Å²) in [7, 11) is 1.97. The Bertz CT molecular complexity index is 435. The van der Waals surface area contributed by atoms with Gasteiger partial charge in [0.1, 0.15) is 0 Å². The molecule has 1 aliphatic heterocycles. The van der Waals surface area contributed by atoms with Gasteiger partial charge in [0.2, 0.25) is 0 Å². The third-order valence-corrected chi connectivity index (χ3v) is 4.04. The highest BCUT2D eigenvalue weighted by Crippen LogP contribution is 2.16. The van der Waals surface area contributed by atoms with E-state index < -0.39 is 0 Å². The molecule has 1 N–H and O–H groups in total. The molecule has 1 aliphatic rings. The Balaban J connectivity index is 1.80. The number of hydrogen-bond acceptors (Lipinski definition) is 2. The van der Waals surface area contributed by atoms with Gasteiger partial charge in [0.15, 0.2) is 5.11 Å². The predicted octanol–water partition coefficient (Wildman–Crippen LogP) is 2.83. The van der Waals surface area contributed by atoms with Gasteiger partial charge in [0.05, 0.1) is 6.10 Å². The van der Waals surface area contributed by atoms with E-state index in [4.69, 9.17) is 28.6 Å². The lowest BCUT2D eigenvalue weighted by atomic mass is 10.2. The van der Waals surface area contributed by atoms with E-state index in [9.17, 15) is 0 Å². The molecule has 19 heavy (non-hydrogen) atoms. The molecule has 1 aromatic rings. The molecule has 0 aliphatic carbocycles. The summed E-state index contributed by atoms with van der Waals surface area (Å²) < 4.78 is 5.56. The molecule has 2 rings (SSSR count). The zero-order valence-corrected chi connectivity index (χ0v) is 12.6. The van der Waals surface area contributed by atoms with E-state index in [2.05, 4.69) is 5.32 Å². The van der Waals surface area contributed by atoms with Crippen LogP contribution in [0.25, 0.3) is 0 Å². The molecule has 3 nitrogen and oxygen atoms in total. The Morgan fingerprint density at radius 2 is 2.32 bits per heavy atom. The van der Waals surface area contributed by atoms with Crippen molar-refractivity contribution in [1.82, 2.24) is 10.2 Å². The topological polar surface area (TPSA) is 24.5 Å². The fourth-order valence-corrected chi connectivity index (χ4v) is 2.44. The van der Waals surface area contributed by atoms with Gasteiger partial charge < -0.3 is 15.0 Å². The van der Waals surface area contributed by atoms with E-state index in [1.807, 2.05) is 36.2 Å². The quantitative estimate of drug-likeness (QED) is 0.864. The second-order valence-corrected chi connectivity index (χ2v) is 5.56. The summed E-state index contributed by atoms with van der Waals surface area (Å²) in [4.78, 5) is 1.99. The standard InChI is InChI=1S/C14H19ClN2OS/c1-17(10-11-5-2-3-7-13(11)15)14(19)16-9-12-6-4-8-18-12/h2-3,5,7,12H,4,6,8-10H2,1H3,(H,16,19)/t12-/m0/s1. The van der Waals surface area contributed by atoms with Crippen LogP contribution in [-0.4, -0.2) is 36.3 Å². The Morgan fingerprint density at radius 1 is 1.53 bits per heavy atom. The molecule has 0 bridgehead atoms. The van der Waals surface area contributed by atoms with Crippen LogP contribution in [0.15, 0.2) is 24.3 Å². The maximum Gasteiger partial charge on any atom is 0.169 e. The molecule has 5 heteroatoms. The monoisotopic (exact) mass is 298 g/mol. The van der Waals surface area contributed by atoms with Crippen molar-refractivity contribution in [2.24, 2.45) is 0 Å². The molecule has 1 atom stereocenters. The Morgan fingerprint density at radius 3 is 3.00 bits per heavy atom. The van der Waals surface area contributed by atoms with Gasteiger partial charge in [-0.15, -0.1) is 0 Å². The number of hydrogen-bond donors (Lipinski definition) is 1. The summed E-state index contributed by atoms with van der Waals surface area (Å²) in [6, 6.07) is 7.83. The minimum atomic E-state index is 0.298. The number of nitrogens with zero attached hydrogens (tertiary/aromatic N) is 1. The van der Waals surface area contributed by atoms with Crippen molar-refractivity contribution >= 4 is 28.9 Å². The van der Waals surface area contributed by atoms with E-state index >= 15 is 0 Å². The smallest absolute Gasteiger partial charge is 0.169 e. The van der Waals surface area contributed by atoms with Gasteiger partial charge in [-0.05, 0) is 36.7 Å². The van der Waals surface area contributed by atoms with Crippen molar-refractivity contribution < 1.29 is 4.74 Å². The Hall–Kier alpha value is -0.840. The van der Waals surface area contributed by atoms with Gasteiger partial charge in [0, 0.05) is 31.8 Å². The van der Waals surface area contributed by atoms with Gasteiger partial charge in [0.25, 0.3) is 0 Å². The number of benzene rings is 1. The summed E-state index contributed by atoms with van der Waals surface area (Å²) in [5, 5.41) is 4.76. The van der Waals surface area contributed by atoms with Crippen LogP contribution in [0.3, 0.4) is 0 Å². The van der Waals surface area contributed by atoms with Crippen molar-refractivity contribution in [3.8, 4) is 0 Å². The SMILES string of the molecule is CN(Cc1ccccc1Cl)C(=S)NC[C@@H]1CCCO1. The molecule has 0 aromatic heterocycles. The Kier molecular flexibility index (Phi) is 5.43. The zero-order valence-electron chi connectivity index (χ0n) is 11.1. The fraction of sp³-hybridized carbons (Fsp3) is 0.500. The van der Waals surface area contributed by atoms with E-state index in [1.165, 1.54) is 0 Å². The third kappa shape index (κ3) is 4.34. The van der Waals surface area contributed by atoms with Crippen molar-refractivity contribution in [2.45, 2.75) is 25.5 Å². The first-order valence-electron chi connectivity index (χ1n) is 6.51. The van der Waals surface area contributed by atoms with Crippen LogP contribution in [0.1, 0.15) is 18.4 Å². The van der Waals surface area contributed by atoms with Crippen LogP contribution in [0, 0.1) is 0 Å². The first kappa shape index (κ1) is 14.6. The second-order valence-electron chi connectivity index (χ2n) is 4.77. The molecular formula is C14H19ClN2OS. The number of thiocarbonyl (C=S) groups is 1. The van der Waals surface area contributed by atoms with Crippen LogP contribution in [0.2, 0.25) is 5.02 Å². The zero-order chi connectivity index (χ0) is 13.7. The third-order valence-electron chi connectivity index (χ3n) is 3.22. The van der Waals surface area contributed by atoms with E-state index in [-0.39, 0.29) is 0 Å². The fourth-order valence-electron chi connectivity index (χ4n) is 2.10. The normalized spacial score (nSPS) is 18.3. The number of halogens is 1. The molecule has 0 unspecified atom stereocenters. The number of rotatable bonds is 4. The lowest BCUT2D eigenvalue weighted by Gasteiger charge is -2.22. The van der Waals surface area contributed by atoms with Crippen molar-refractivity contribution in [3.05, 3.63) is 34.9 Å². The van der Waals surface area contributed by atoms with Gasteiger partial charge >= 0.3 is 0 Å². The highest BCUT2D eigenvalue weighted by atomic mass is 35.5. The molecule has 0 spiro atoms. The first-order chi connectivity index (χ1) is 9.16. The van der Waals surface area contributed by atoms with E-state index in [1.54, 1.807) is 0 Å². The molecule has 104 valence electrons. The summed E-state index contributed by atoms with van der Waals surface area (Å²) in [5.74, 6) is 0. The summed E-state index contributed by atoms with van der Waals surface area (Å²) >= 11 is 11.5. The summed E-state index contributed by atoms with van der Waals surface area (Å²) in [5.41, 5.74) is 1.08. The largest absolute Gasteiger partial charge is 0.376 e. The van der Waals surface area contributed by atoms with Crippen LogP contribution in [0.5, 0.6) is 0 Å². The Labute approximate surface area is 124 Å². The van der Waals surface area contributed by atoms with Gasteiger partial charge in [-0.2, -0.15) is 0 Å². The maximum atomic E-state index is 6.14. The lowest BCUT2D eigenvalue weighted by Crippen LogP contribution is -2.40. The number of nitrogens with one attached hydrogen (secondary N) is 1. The van der Waals surface area contributed by atoms with Crippen molar-refractivity contribution in [1.29, 1.82) is 0 Å². The highest BCUT2D eigenvalue weighted by molar-refractivity contribution is 7.80. The predicted molar refractivity (Wildman–Crippen MR) is 82.5 cm³/mol. The summed E-state index contributed by atoms with van der Waals surface area (Å²) in [6.07, 6.45) is 2.56. The summed E-state index contributed by atoms with van der Waals surface area (Å²) in [6.45, 7) is 2.36. The number of ether oxygens (including phenoxy) is 1. The van der Waals surface area contributed by atoms with Crippen LogP contribution < -0.4 is 5.32 Å². The molecule has 0 saturated carbocycles. The van der Waals surface area contributed by atoms with Crippen molar-refractivity contribution in [2.75, 3.05) is 20.2 Å².